The number of hydrogen-bond donors (Lipinski definition) is 2. The zero-order chi connectivity index (χ0) is 13.2. The highest BCUT2D eigenvalue weighted by Gasteiger charge is 2.07. The fourth-order valence-electron chi connectivity index (χ4n) is 1.79. The van der Waals surface area contributed by atoms with E-state index in [9.17, 15) is 4.79 Å². The third-order valence-corrected chi connectivity index (χ3v) is 2.72. The molecule has 0 unspecified atom stereocenters. The van der Waals surface area contributed by atoms with Crippen LogP contribution >= 0.6 is 0 Å². The van der Waals surface area contributed by atoms with E-state index >= 15 is 0 Å². The van der Waals surface area contributed by atoms with E-state index in [2.05, 4.69) is 15.0 Å². The number of hydrogen-bond acceptors (Lipinski definition) is 5. The summed E-state index contributed by atoms with van der Waals surface area (Å²) in [5.74, 6) is -0.552. The topological polar surface area (TPSA) is 92.9 Å². The molecular weight excluding hydrogens is 246 g/mol. The van der Waals surface area contributed by atoms with Gasteiger partial charge in [0.15, 0.2) is 5.65 Å². The van der Waals surface area contributed by atoms with E-state index in [1.165, 1.54) is 6.33 Å². The molecule has 3 aromatic rings. The van der Waals surface area contributed by atoms with Crippen LogP contribution in [0.1, 0.15) is 10.4 Å². The van der Waals surface area contributed by atoms with Gasteiger partial charge in [-0.2, -0.15) is 0 Å². The van der Waals surface area contributed by atoms with Gasteiger partial charge in [0.2, 0.25) is 0 Å². The standard InChI is InChI=1S/C12H9N5O2/c18-12(16-19)8-1-3-9(4-2-8)17-7-15-10-5-13-6-14-11(10)17/h1-7,19H,(H,16,18). The minimum absolute atomic E-state index is 0.366. The van der Waals surface area contributed by atoms with Crippen molar-refractivity contribution < 1.29 is 10.0 Å². The van der Waals surface area contributed by atoms with Crippen LogP contribution in [0.5, 0.6) is 0 Å². The van der Waals surface area contributed by atoms with Crippen LogP contribution in [0.25, 0.3) is 16.9 Å². The lowest BCUT2D eigenvalue weighted by atomic mass is 10.2. The summed E-state index contributed by atoms with van der Waals surface area (Å²) in [6, 6.07) is 6.70. The summed E-state index contributed by atoms with van der Waals surface area (Å²) < 4.78 is 1.79. The van der Waals surface area contributed by atoms with Crippen molar-refractivity contribution in [2.45, 2.75) is 0 Å². The van der Waals surface area contributed by atoms with Gasteiger partial charge in [0.1, 0.15) is 18.2 Å². The van der Waals surface area contributed by atoms with Gasteiger partial charge >= 0.3 is 0 Å². The van der Waals surface area contributed by atoms with Crippen molar-refractivity contribution in [3.63, 3.8) is 0 Å². The Balaban J connectivity index is 2.05. The molecule has 0 aliphatic carbocycles. The minimum Gasteiger partial charge on any atom is -0.288 e. The maximum Gasteiger partial charge on any atom is 0.274 e. The number of carbonyl (C=O) groups is 1. The van der Waals surface area contributed by atoms with Crippen molar-refractivity contribution in [3.8, 4) is 5.69 Å². The van der Waals surface area contributed by atoms with Crippen molar-refractivity contribution in [2.75, 3.05) is 0 Å². The molecule has 7 nitrogen and oxygen atoms in total. The van der Waals surface area contributed by atoms with Crippen LogP contribution in [-0.4, -0.2) is 30.6 Å². The summed E-state index contributed by atoms with van der Waals surface area (Å²) in [5, 5.41) is 8.55. The zero-order valence-electron chi connectivity index (χ0n) is 9.69. The van der Waals surface area contributed by atoms with Gasteiger partial charge in [0.05, 0.1) is 6.20 Å². The molecule has 19 heavy (non-hydrogen) atoms. The third kappa shape index (κ3) is 1.91. The Kier molecular flexibility index (Phi) is 2.66. The molecular formula is C12H9N5O2. The van der Waals surface area contributed by atoms with Crippen LogP contribution in [0.15, 0.2) is 43.1 Å². The highest BCUT2D eigenvalue weighted by atomic mass is 16.5. The molecule has 94 valence electrons. The fraction of sp³-hybridized carbons (Fsp3) is 0. The molecule has 0 aliphatic heterocycles. The molecule has 0 saturated heterocycles. The number of carbonyl (C=O) groups excluding carboxylic acids is 1. The Labute approximate surface area is 107 Å². The first-order valence-corrected chi connectivity index (χ1v) is 5.47. The van der Waals surface area contributed by atoms with Gasteiger partial charge in [-0.25, -0.2) is 20.4 Å². The number of hydroxylamine groups is 1. The average Bonchev–Trinajstić information content (AvgIpc) is 2.90. The van der Waals surface area contributed by atoms with Crippen molar-refractivity contribution >= 4 is 17.1 Å². The van der Waals surface area contributed by atoms with E-state index in [0.29, 0.717) is 16.7 Å². The van der Waals surface area contributed by atoms with Crippen LogP contribution in [0, 0.1) is 0 Å². The van der Waals surface area contributed by atoms with Gasteiger partial charge in [0, 0.05) is 11.3 Å². The van der Waals surface area contributed by atoms with E-state index in [1.807, 2.05) is 0 Å². The van der Waals surface area contributed by atoms with Crippen LogP contribution in [-0.2, 0) is 0 Å². The maximum atomic E-state index is 11.2. The van der Waals surface area contributed by atoms with Gasteiger partial charge in [-0.05, 0) is 24.3 Å². The summed E-state index contributed by atoms with van der Waals surface area (Å²) in [6.07, 6.45) is 4.72. The summed E-state index contributed by atoms with van der Waals surface area (Å²) in [5.41, 5.74) is 4.15. The Morgan fingerprint density at radius 3 is 2.74 bits per heavy atom. The zero-order valence-corrected chi connectivity index (χ0v) is 9.69. The number of imidazole rings is 1. The van der Waals surface area contributed by atoms with E-state index in [4.69, 9.17) is 5.21 Å². The Bertz CT molecular complexity index is 735. The van der Waals surface area contributed by atoms with Crippen LogP contribution in [0.3, 0.4) is 0 Å². The van der Waals surface area contributed by atoms with Crippen molar-refractivity contribution in [1.29, 1.82) is 0 Å². The Morgan fingerprint density at radius 2 is 2.00 bits per heavy atom. The number of nitrogens with zero attached hydrogens (tertiary/aromatic N) is 4. The van der Waals surface area contributed by atoms with Gasteiger partial charge < -0.3 is 0 Å². The lowest BCUT2D eigenvalue weighted by Crippen LogP contribution is -2.18. The molecule has 2 heterocycles. The largest absolute Gasteiger partial charge is 0.288 e. The molecule has 2 aromatic heterocycles. The SMILES string of the molecule is O=C(NO)c1ccc(-n2cnc3cncnc32)cc1. The normalized spacial score (nSPS) is 10.6. The molecule has 1 amide bonds. The second-order valence-corrected chi connectivity index (χ2v) is 3.83. The van der Waals surface area contributed by atoms with E-state index in [-0.39, 0.29) is 0 Å². The number of amides is 1. The number of fused-ring (bicyclic) bond motifs is 1. The molecule has 0 aliphatic rings. The van der Waals surface area contributed by atoms with E-state index in [0.717, 1.165) is 5.69 Å². The molecule has 0 atom stereocenters. The summed E-state index contributed by atoms with van der Waals surface area (Å²) in [6.45, 7) is 0. The lowest BCUT2D eigenvalue weighted by molar-refractivity contribution is 0.0706. The first-order chi connectivity index (χ1) is 9.29. The van der Waals surface area contributed by atoms with E-state index < -0.39 is 5.91 Å². The molecule has 3 rings (SSSR count). The average molecular weight is 255 g/mol. The maximum absolute atomic E-state index is 11.2. The molecule has 2 N–H and O–H groups in total. The Hall–Kier alpha value is -2.80. The van der Waals surface area contributed by atoms with Crippen molar-refractivity contribution in [1.82, 2.24) is 25.0 Å². The van der Waals surface area contributed by atoms with Gasteiger partial charge in [-0.1, -0.05) is 0 Å². The van der Waals surface area contributed by atoms with Crippen LogP contribution in [0.2, 0.25) is 0 Å². The van der Waals surface area contributed by atoms with Crippen LogP contribution in [0.4, 0.5) is 0 Å². The molecule has 0 saturated carbocycles. The minimum atomic E-state index is -0.552. The van der Waals surface area contributed by atoms with Crippen molar-refractivity contribution in [3.05, 3.63) is 48.7 Å². The molecule has 7 heteroatoms. The van der Waals surface area contributed by atoms with Crippen LogP contribution < -0.4 is 5.48 Å². The molecule has 0 spiro atoms. The summed E-state index contributed by atoms with van der Waals surface area (Å²) >= 11 is 0. The lowest BCUT2D eigenvalue weighted by Gasteiger charge is -2.04. The second kappa shape index (κ2) is 4.46. The molecule has 0 fully saturated rings. The van der Waals surface area contributed by atoms with Crippen molar-refractivity contribution in [2.24, 2.45) is 0 Å². The first kappa shape index (κ1) is 11.3. The monoisotopic (exact) mass is 255 g/mol. The fourth-order valence-corrected chi connectivity index (χ4v) is 1.79. The number of aromatic nitrogens is 4. The van der Waals surface area contributed by atoms with Gasteiger partial charge in [0.25, 0.3) is 5.91 Å². The molecule has 1 aromatic carbocycles. The highest BCUT2D eigenvalue weighted by molar-refractivity contribution is 5.93. The molecule has 0 radical (unpaired) electrons. The Morgan fingerprint density at radius 1 is 1.21 bits per heavy atom. The van der Waals surface area contributed by atoms with Gasteiger partial charge in [-0.15, -0.1) is 0 Å². The predicted molar refractivity (Wildman–Crippen MR) is 65.9 cm³/mol. The smallest absolute Gasteiger partial charge is 0.274 e. The number of nitrogens with one attached hydrogen (secondary N) is 1. The predicted octanol–water partition coefficient (Wildman–Crippen LogP) is 0.935. The highest BCUT2D eigenvalue weighted by Crippen LogP contribution is 2.15. The number of rotatable bonds is 2. The third-order valence-electron chi connectivity index (χ3n) is 2.72. The van der Waals surface area contributed by atoms with E-state index in [1.54, 1.807) is 46.8 Å². The summed E-state index contributed by atoms with van der Waals surface area (Å²) in [4.78, 5) is 23.5. The molecule has 0 bridgehead atoms. The summed E-state index contributed by atoms with van der Waals surface area (Å²) in [7, 11) is 0. The number of benzene rings is 1. The quantitative estimate of drug-likeness (QED) is 0.525. The van der Waals surface area contributed by atoms with Gasteiger partial charge in [-0.3, -0.25) is 14.6 Å². The first-order valence-electron chi connectivity index (χ1n) is 5.47. The second-order valence-electron chi connectivity index (χ2n) is 3.83.